The molecule has 0 aromatic carbocycles. The minimum Gasteiger partial charge on any atom is -0.383 e. The molecule has 0 saturated carbocycles. The van der Waals surface area contributed by atoms with Gasteiger partial charge in [0.05, 0.1) is 13.2 Å². The second-order valence-electron chi connectivity index (χ2n) is 6.68. The summed E-state index contributed by atoms with van der Waals surface area (Å²) < 4.78 is 10.2. The fourth-order valence-corrected chi connectivity index (χ4v) is 2.85. The Kier molecular flexibility index (Phi) is 12.2. The lowest BCUT2D eigenvalue weighted by atomic mass is 10.0. The van der Waals surface area contributed by atoms with Crippen LogP contribution in [0.2, 0.25) is 0 Å². The van der Waals surface area contributed by atoms with Crippen molar-refractivity contribution in [3.8, 4) is 0 Å². The maximum atomic E-state index is 12.6. The average Bonchev–Trinajstić information content (AvgIpc) is 2.70. The maximum absolute atomic E-state index is 12.6. The molecule has 0 spiro atoms. The Hall–Kier alpha value is -1.91. The van der Waals surface area contributed by atoms with E-state index in [1.807, 2.05) is 27.0 Å². The van der Waals surface area contributed by atoms with Gasteiger partial charge in [-0.2, -0.15) is 0 Å². The van der Waals surface area contributed by atoms with E-state index in [2.05, 4.69) is 25.9 Å². The van der Waals surface area contributed by atoms with Gasteiger partial charge in [-0.3, -0.25) is 9.59 Å². The number of thioether (sulfide) groups is 1. The first kappa shape index (κ1) is 25.1. The van der Waals surface area contributed by atoms with Crippen LogP contribution in [0.5, 0.6) is 0 Å². The highest BCUT2D eigenvalue weighted by Gasteiger charge is 2.21. The molecular weight excluding hydrogens is 394 g/mol. The van der Waals surface area contributed by atoms with Gasteiger partial charge >= 0.3 is 0 Å². The second-order valence-corrected chi connectivity index (χ2v) is 7.51. The van der Waals surface area contributed by atoms with Gasteiger partial charge in [0.15, 0.2) is 0 Å². The van der Waals surface area contributed by atoms with Gasteiger partial charge in [-0.15, -0.1) is 11.8 Å². The fourth-order valence-electron chi connectivity index (χ4n) is 2.45. The van der Waals surface area contributed by atoms with Gasteiger partial charge in [-0.1, -0.05) is 13.8 Å². The third-order valence-electron chi connectivity index (χ3n) is 3.80. The molecule has 1 rings (SSSR count). The molecule has 3 N–H and O–H groups in total. The molecule has 10 heteroatoms. The lowest BCUT2D eigenvalue weighted by molar-refractivity contribution is -0.122. The van der Waals surface area contributed by atoms with Crippen molar-refractivity contribution in [2.75, 3.05) is 51.6 Å². The lowest BCUT2D eigenvalue weighted by Crippen LogP contribution is -2.42. The highest BCUT2D eigenvalue weighted by atomic mass is 32.2. The molecule has 164 valence electrons. The van der Waals surface area contributed by atoms with Gasteiger partial charge in [0.25, 0.3) is 5.91 Å². The van der Waals surface area contributed by atoms with E-state index in [1.165, 1.54) is 11.8 Å². The number of amides is 2. The minimum absolute atomic E-state index is 0.0514. The van der Waals surface area contributed by atoms with Crippen LogP contribution in [-0.4, -0.2) is 74.1 Å². The molecule has 0 aliphatic heterocycles. The van der Waals surface area contributed by atoms with Crippen LogP contribution < -0.4 is 16.0 Å². The van der Waals surface area contributed by atoms with Crippen LogP contribution in [0.1, 0.15) is 37.8 Å². The van der Waals surface area contributed by atoms with Crippen molar-refractivity contribution in [3.05, 3.63) is 11.9 Å². The van der Waals surface area contributed by atoms with Crippen molar-refractivity contribution in [2.24, 2.45) is 5.92 Å². The van der Waals surface area contributed by atoms with E-state index < -0.39 is 6.04 Å². The first-order valence-electron chi connectivity index (χ1n) is 9.73. The average molecular weight is 428 g/mol. The summed E-state index contributed by atoms with van der Waals surface area (Å²) in [6, 6.07) is 1.25. The SMILES string of the molecule is CCOCCNC(=O)[C@@H](CC(C)C)Nc1cc(SC)nc(C(=O)NCCOC)n1. The van der Waals surface area contributed by atoms with Crippen molar-refractivity contribution in [1.82, 2.24) is 20.6 Å². The molecule has 0 fully saturated rings. The molecule has 1 heterocycles. The van der Waals surface area contributed by atoms with E-state index in [0.29, 0.717) is 56.1 Å². The number of ether oxygens (including phenoxy) is 2. The topological polar surface area (TPSA) is 114 Å². The largest absolute Gasteiger partial charge is 0.383 e. The van der Waals surface area contributed by atoms with Crippen LogP contribution in [0.15, 0.2) is 11.1 Å². The van der Waals surface area contributed by atoms with Crippen LogP contribution >= 0.6 is 11.8 Å². The van der Waals surface area contributed by atoms with Crippen molar-refractivity contribution in [3.63, 3.8) is 0 Å². The highest BCUT2D eigenvalue weighted by Crippen LogP contribution is 2.18. The fraction of sp³-hybridized carbons (Fsp3) is 0.684. The van der Waals surface area contributed by atoms with Gasteiger partial charge < -0.3 is 25.4 Å². The van der Waals surface area contributed by atoms with Crippen molar-refractivity contribution < 1.29 is 19.1 Å². The summed E-state index contributed by atoms with van der Waals surface area (Å²) in [5.41, 5.74) is 0. The van der Waals surface area contributed by atoms with Gasteiger partial charge in [0.1, 0.15) is 16.9 Å². The van der Waals surface area contributed by atoms with Gasteiger partial charge in [-0.25, -0.2) is 9.97 Å². The summed E-state index contributed by atoms with van der Waals surface area (Å²) in [4.78, 5) is 33.5. The molecule has 1 atom stereocenters. The van der Waals surface area contributed by atoms with Crippen LogP contribution in [0.3, 0.4) is 0 Å². The molecule has 0 aliphatic rings. The van der Waals surface area contributed by atoms with E-state index in [-0.39, 0.29) is 17.6 Å². The molecule has 2 amide bonds. The molecule has 29 heavy (non-hydrogen) atoms. The zero-order valence-electron chi connectivity index (χ0n) is 17.9. The zero-order valence-corrected chi connectivity index (χ0v) is 18.7. The molecule has 1 aromatic rings. The number of methoxy groups -OCH3 is 1. The molecule has 0 aliphatic carbocycles. The smallest absolute Gasteiger partial charge is 0.289 e. The van der Waals surface area contributed by atoms with Gasteiger partial charge in [0, 0.05) is 32.9 Å². The van der Waals surface area contributed by atoms with Crippen molar-refractivity contribution in [1.29, 1.82) is 0 Å². The standard InChI is InChI=1S/C19H33N5O4S/c1-6-28-10-8-20-18(25)14(11-13(2)3)22-15-12-16(29-5)24-17(23-15)19(26)21-7-9-27-4/h12-14H,6-11H2,1-5H3,(H,20,25)(H,21,26)(H,22,23,24)/t14-/m1/s1. The molecule has 9 nitrogen and oxygen atoms in total. The number of rotatable bonds is 14. The summed E-state index contributed by atoms with van der Waals surface area (Å²) >= 11 is 1.40. The Balaban J connectivity index is 2.91. The Bertz CT molecular complexity index is 645. The third-order valence-corrected chi connectivity index (χ3v) is 4.43. The van der Waals surface area contributed by atoms with E-state index >= 15 is 0 Å². The molecule has 0 radical (unpaired) electrons. The van der Waals surface area contributed by atoms with Crippen molar-refractivity contribution in [2.45, 2.75) is 38.3 Å². The summed E-state index contributed by atoms with van der Waals surface area (Å²) in [7, 11) is 1.56. The number of carbonyl (C=O) groups is 2. The first-order chi connectivity index (χ1) is 13.9. The molecular formula is C19H33N5O4S. The molecule has 0 saturated heterocycles. The second kappa shape index (κ2) is 14.1. The van der Waals surface area contributed by atoms with E-state index in [4.69, 9.17) is 9.47 Å². The number of anilines is 1. The van der Waals surface area contributed by atoms with Crippen LogP contribution in [0.25, 0.3) is 0 Å². The van der Waals surface area contributed by atoms with E-state index in [0.717, 1.165) is 0 Å². The van der Waals surface area contributed by atoms with E-state index in [1.54, 1.807) is 13.2 Å². The Labute approximate surface area is 177 Å². The summed E-state index contributed by atoms with van der Waals surface area (Å²) in [5, 5.41) is 9.39. The maximum Gasteiger partial charge on any atom is 0.289 e. The van der Waals surface area contributed by atoms with Gasteiger partial charge in [-0.05, 0) is 25.5 Å². The number of nitrogens with one attached hydrogen (secondary N) is 3. The number of hydrogen-bond acceptors (Lipinski definition) is 8. The monoisotopic (exact) mass is 427 g/mol. The summed E-state index contributed by atoms with van der Waals surface area (Å²) in [6.07, 6.45) is 2.49. The van der Waals surface area contributed by atoms with Crippen LogP contribution in [-0.2, 0) is 14.3 Å². The summed E-state index contributed by atoms with van der Waals surface area (Å²) in [6.45, 7) is 8.28. The molecule has 0 bridgehead atoms. The lowest BCUT2D eigenvalue weighted by Gasteiger charge is -2.21. The Morgan fingerprint density at radius 1 is 1.17 bits per heavy atom. The zero-order chi connectivity index (χ0) is 21.6. The number of hydrogen-bond donors (Lipinski definition) is 3. The Morgan fingerprint density at radius 3 is 2.52 bits per heavy atom. The van der Waals surface area contributed by atoms with Gasteiger partial charge in [0.2, 0.25) is 11.7 Å². The Morgan fingerprint density at radius 2 is 1.90 bits per heavy atom. The predicted octanol–water partition coefficient (Wildman–Crippen LogP) is 1.55. The predicted molar refractivity (Wildman–Crippen MR) is 114 cm³/mol. The number of carbonyl (C=O) groups excluding carboxylic acids is 2. The highest BCUT2D eigenvalue weighted by molar-refractivity contribution is 7.98. The normalized spacial score (nSPS) is 11.9. The third kappa shape index (κ3) is 9.91. The van der Waals surface area contributed by atoms with E-state index in [9.17, 15) is 9.59 Å². The van der Waals surface area contributed by atoms with Crippen LogP contribution in [0, 0.1) is 5.92 Å². The minimum atomic E-state index is -0.481. The van der Waals surface area contributed by atoms with Crippen molar-refractivity contribution >= 4 is 29.4 Å². The number of nitrogens with zero attached hydrogens (tertiary/aromatic N) is 2. The van der Waals surface area contributed by atoms with Crippen LogP contribution in [0.4, 0.5) is 5.82 Å². The molecule has 0 unspecified atom stereocenters. The molecule has 1 aromatic heterocycles. The number of aromatic nitrogens is 2. The summed E-state index contributed by atoms with van der Waals surface area (Å²) in [5.74, 6) is 0.266. The first-order valence-corrected chi connectivity index (χ1v) is 11.0. The quantitative estimate of drug-likeness (QED) is 0.233.